The van der Waals surface area contributed by atoms with Crippen molar-refractivity contribution < 1.29 is 10.0 Å². The van der Waals surface area contributed by atoms with E-state index in [1.807, 2.05) is 0 Å². The van der Waals surface area contributed by atoms with Crippen molar-refractivity contribution >= 4 is 5.69 Å². The van der Waals surface area contributed by atoms with Crippen LogP contribution in [0.2, 0.25) is 0 Å². The van der Waals surface area contributed by atoms with Crippen molar-refractivity contribution in [3.8, 4) is 5.75 Å². The first-order valence-corrected chi connectivity index (χ1v) is 6.98. The van der Waals surface area contributed by atoms with Crippen LogP contribution < -0.4 is 0 Å². The molecule has 112 valence electrons. The van der Waals surface area contributed by atoms with Gasteiger partial charge in [0.2, 0.25) is 0 Å². The van der Waals surface area contributed by atoms with E-state index in [0.717, 1.165) is 13.1 Å². The highest BCUT2D eigenvalue weighted by Crippen LogP contribution is 2.24. The second-order valence-electron chi connectivity index (χ2n) is 6.05. The number of non-ortho nitro benzene ring substituents is 1. The average molecular weight is 280 g/mol. The van der Waals surface area contributed by atoms with Gasteiger partial charge in [-0.05, 0) is 17.9 Å². The zero-order valence-corrected chi connectivity index (χ0v) is 12.7. The topological polar surface area (TPSA) is 66.6 Å². The quantitative estimate of drug-likeness (QED) is 0.614. The monoisotopic (exact) mass is 280 g/mol. The number of hydrogen-bond acceptors (Lipinski definition) is 4. The molecule has 0 saturated heterocycles. The van der Waals surface area contributed by atoms with E-state index in [0.29, 0.717) is 23.9 Å². The van der Waals surface area contributed by atoms with Crippen LogP contribution in [0.25, 0.3) is 0 Å². The summed E-state index contributed by atoms with van der Waals surface area (Å²) in [5.41, 5.74) is 0.632. The molecule has 20 heavy (non-hydrogen) atoms. The maximum atomic E-state index is 10.8. The van der Waals surface area contributed by atoms with E-state index in [9.17, 15) is 15.2 Å². The van der Waals surface area contributed by atoms with Crippen LogP contribution >= 0.6 is 0 Å². The molecular formula is C15H24N2O3. The second kappa shape index (κ2) is 7.24. The Kier molecular flexibility index (Phi) is 5.95. The predicted molar refractivity (Wildman–Crippen MR) is 79.7 cm³/mol. The van der Waals surface area contributed by atoms with Gasteiger partial charge in [-0.15, -0.1) is 0 Å². The molecule has 0 aliphatic rings. The lowest BCUT2D eigenvalue weighted by atomic mass is 10.1. The fourth-order valence-corrected chi connectivity index (χ4v) is 2.29. The van der Waals surface area contributed by atoms with Gasteiger partial charge in [0.1, 0.15) is 5.75 Å². The van der Waals surface area contributed by atoms with Gasteiger partial charge in [-0.2, -0.15) is 0 Å². The number of nitrogens with zero attached hydrogens (tertiary/aromatic N) is 2. The van der Waals surface area contributed by atoms with Crippen molar-refractivity contribution in [2.45, 2.75) is 34.2 Å². The number of rotatable bonds is 7. The molecule has 0 bridgehead atoms. The molecule has 1 rings (SSSR count). The Balaban J connectivity index is 2.91. The van der Waals surface area contributed by atoms with Gasteiger partial charge in [-0.3, -0.25) is 15.0 Å². The first-order chi connectivity index (χ1) is 9.29. The molecule has 0 amide bonds. The number of nitro benzene ring substituents is 1. The van der Waals surface area contributed by atoms with E-state index in [4.69, 9.17) is 0 Å². The van der Waals surface area contributed by atoms with Crippen LogP contribution in [0.5, 0.6) is 5.75 Å². The second-order valence-corrected chi connectivity index (χ2v) is 6.05. The summed E-state index contributed by atoms with van der Waals surface area (Å²) in [7, 11) is 0. The van der Waals surface area contributed by atoms with E-state index >= 15 is 0 Å². The van der Waals surface area contributed by atoms with Gasteiger partial charge in [-0.1, -0.05) is 27.7 Å². The molecule has 0 aliphatic carbocycles. The third-order valence-corrected chi connectivity index (χ3v) is 2.91. The summed E-state index contributed by atoms with van der Waals surface area (Å²) >= 11 is 0. The minimum Gasteiger partial charge on any atom is -0.508 e. The van der Waals surface area contributed by atoms with Crippen LogP contribution in [0.15, 0.2) is 18.2 Å². The SMILES string of the molecule is CC(C)CN(Cc1cc([N+](=O)[O-])ccc1O)CC(C)C. The van der Waals surface area contributed by atoms with Gasteiger partial charge in [0, 0.05) is 37.3 Å². The predicted octanol–water partition coefficient (Wildman–Crippen LogP) is 3.41. The van der Waals surface area contributed by atoms with Crippen LogP contribution in [0.3, 0.4) is 0 Å². The third kappa shape index (κ3) is 5.17. The Labute approximate surface area is 120 Å². The molecule has 0 spiro atoms. The Morgan fingerprint density at radius 1 is 1.20 bits per heavy atom. The van der Waals surface area contributed by atoms with E-state index < -0.39 is 4.92 Å². The number of nitro groups is 1. The Hall–Kier alpha value is -1.62. The molecule has 1 aromatic carbocycles. The van der Waals surface area contributed by atoms with Crippen LogP contribution in [-0.4, -0.2) is 28.0 Å². The summed E-state index contributed by atoms with van der Waals surface area (Å²) in [5, 5.41) is 20.7. The van der Waals surface area contributed by atoms with Gasteiger partial charge in [0.05, 0.1) is 4.92 Å². The van der Waals surface area contributed by atoms with Gasteiger partial charge in [0.25, 0.3) is 5.69 Å². The summed E-state index contributed by atoms with van der Waals surface area (Å²) in [5.74, 6) is 1.14. The largest absolute Gasteiger partial charge is 0.508 e. The number of phenolic OH excluding ortho intramolecular Hbond substituents is 1. The molecule has 0 atom stereocenters. The Morgan fingerprint density at radius 3 is 2.20 bits per heavy atom. The zero-order chi connectivity index (χ0) is 15.3. The minimum absolute atomic E-state index is 0.0202. The zero-order valence-electron chi connectivity index (χ0n) is 12.7. The Morgan fingerprint density at radius 2 is 1.75 bits per heavy atom. The molecule has 0 radical (unpaired) electrons. The van der Waals surface area contributed by atoms with E-state index in [-0.39, 0.29) is 11.4 Å². The fourth-order valence-electron chi connectivity index (χ4n) is 2.29. The molecule has 5 nitrogen and oxygen atoms in total. The van der Waals surface area contributed by atoms with Crippen LogP contribution in [0, 0.1) is 22.0 Å². The van der Waals surface area contributed by atoms with Crippen molar-refractivity contribution in [3.05, 3.63) is 33.9 Å². The molecule has 0 saturated carbocycles. The lowest BCUT2D eigenvalue weighted by Crippen LogP contribution is -2.31. The lowest BCUT2D eigenvalue weighted by Gasteiger charge is -2.26. The van der Waals surface area contributed by atoms with Gasteiger partial charge >= 0.3 is 0 Å². The van der Waals surface area contributed by atoms with Crippen molar-refractivity contribution in [1.29, 1.82) is 0 Å². The molecule has 0 fully saturated rings. The van der Waals surface area contributed by atoms with Crippen LogP contribution in [0.4, 0.5) is 5.69 Å². The number of phenols is 1. The summed E-state index contributed by atoms with van der Waals surface area (Å²) in [6.45, 7) is 10.9. The molecule has 0 heterocycles. The van der Waals surface area contributed by atoms with Crippen molar-refractivity contribution in [3.63, 3.8) is 0 Å². The molecular weight excluding hydrogens is 256 g/mol. The standard InChI is InChI=1S/C15H24N2O3/c1-11(2)8-16(9-12(3)4)10-13-7-14(17(19)20)5-6-15(13)18/h5-7,11-12,18H,8-10H2,1-4H3. The lowest BCUT2D eigenvalue weighted by molar-refractivity contribution is -0.385. The molecule has 1 N–H and O–H groups in total. The van der Waals surface area contributed by atoms with Crippen LogP contribution in [-0.2, 0) is 6.54 Å². The van der Waals surface area contributed by atoms with E-state index in [2.05, 4.69) is 32.6 Å². The molecule has 0 aliphatic heterocycles. The fraction of sp³-hybridized carbons (Fsp3) is 0.600. The normalized spacial score (nSPS) is 11.6. The van der Waals surface area contributed by atoms with Gasteiger partial charge < -0.3 is 5.11 Å². The number of benzene rings is 1. The van der Waals surface area contributed by atoms with Crippen molar-refractivity contribution in [2.75, 3.05) is 13.1 Å². The summed E-state index contributed by atoms with van der Waals surface area (Å²) in [4.78, 5) is 12.6. The first-order valence-electron chi connectivity index (χ1n) is 6.98. The van der Waals surface area contributed by atoms with Crippen molar-refractivity contribution in [1.82, 2.24) is 4.90 Å². The van der Waals surface area contributed by atoms with Crippen molar-refractivity contribution in [2.24, 2.45) is 11.8 Å². The molecule has 5 heteroatoms. The maximum Gasteiger partial charge on any atom is 0.270 e. The Bertz CT molecular complexity index is 448. The maximum absolute atomic E-state index is 10.8. The van der Waals surface area contributed by atoms with E-state index in [1.54, 1.807) is 0 Å². The highest BCUT2D eigenvalue weighted by Gasteiger charge is 2.15. The first kappa shape index (κ1) is 16.4. The summed E-state index contributed by atoms with van der Waals surface area (Å²) in [6, 6.07) is 4.19. The average Bonchev–Trinajstić information content (AvgIpc) is 2.29. The summed E-state index contributed by atoms with van der Waals surface area (Å²) < 4.78 is 0. The minimum atomic E-state index is -0.432. The van der Waals surface area contributed by atoms with Gasteiger partial charge in [0.15, 0.2) is 0 Å². The molecule has 0 aromatic heterocycles. The number of hydrogen-bond donors (Lipinski definition) is 1. The van der Waals surface area contributed by atoms with Crippen LogP contribution in [0.1, 0.15) is 33.3 Å². The summed E-state index contributed by atoms with van der Waals surface area (Å²) in [6.07, 6.45) is 0. The van der Waals surface area contributed by atoms with E-state index in [1.165, 1.54) is 18.2 Å². The highest BCUT2D eigenvalue weighted by molar-refractivity contribution is 5.42. The smallest absolute Gasteiger partial charge is 0.270 e. The van der Waals surface area contributed by atoms with Gasteiger partial charge in [-0.25, -0.2) is 0 Å². The highest BCUT2D eigenvalue weighted by atomic mass is 16.6. The third-order valence-electron chi connectivity index (χ3n) is 2.91. The number of aromatic hydroxyl groups is 1. The molecule has 0 unspecified atom stereocenters. The molecule has 1 aromatic rings.